The van der Waals surface area contributed by atoms with Gasteiger partial charge in [0, 0.05) is 5.02 Å². The number of rotatable bonds is 6. The molecule has 12 heteroatoms. The molecule has 0 saturated heterocycles. The van der Waals surface area contributed by atoms with E-state index in [2.05, 4.69) is 10.1 Å². The van der Waals surface area contributed by atoms with Gasteiger partial charge in [-0.25, -0.2) is 4.79 Å². The van der Waals surface area contributed by atoms with Crippen LogP contribution < -0.4 is 15.8 Å². The zero-order valence-electron chi connectivity index (χ0n) is 11.6. The number of carbonyl (C=O) groups excluding carboxylic acids is 1. The zero-order valence-corrected chi connectivity index (χ0v) is 13.2. The number of nitrogens with two attached hydrogens (primary N) is 1. The molecule has 1 aromatic rings. The first-order valence-electron chi connectivity index (χ1n) is 5.83. The number of nitrogens with one attached hydrogen (secondary N) is 1. The van der Waals surface area contributed by atoms with Crippen LogP contribution in [0.25, 0.3) is 0 Å². The number of benzene rings is 1. The Morgan fingerprint density at radius 2 is 2.04 bits per heavy atom. The van der Waals surface area contributed by atoms with E-state index in [0.29, 0.717) is 0 Å². The van der Waals surface area contributed by atoms with Gasteiger partial charge in [0.05, 0.1) is 12.8 Å². The van der Waals surface area contributed by atoms with Crippen LogP contribution in [0, 0.1) is 0 Å². The molecule has 128 valence electrons. The summed E-state index contributed by atoms with van der Waals surface area (Å²) in [7, 11) is -3.56. The summed E-state index contributed by atoms with van der Waals surface area (Å²) in [4.78, 5) is 21.4. The molecular formula is C11H13ClN2O8S. The Labute approximate surface area is 135 Å². The fourth-order valence-corrected chi connectivity index (χ4v) is 2.43. The van der Waals surface area contributed by atoms with Crippen molar-refractivity contribution in [2.45, 2.75) is 10.9 Å². The normalized spacial score (nSPS) is 12.3. The second kappa shape index (κ2) is 7.46. The third-order valence-electron chi connectivity index (χ3n) is 2.45. The van der Waals surface area contributed by atoms with Crippen LogP contribution in [0.15, 0.2) is 17.0 Å². The summed E-state index contributed by atoms with van der Waals surface area (Å²) in [6.07, 6.45) is -1.12. The molecule has 1 amide bonds. The van der Waals surface area contributed by atoms with E-state index in [0.717, 1.165) is 19.2 Å². The maximum Gasteiger partial charge on any atom is 0.411 e. The van der Waals surface area contributed by atoms with Gasteiger partial charge in [0.2, 0.25) is 0 Å². The average molecular weight is 369 g/mol. The van der Waals surface area contributed by atoms with Gasteiger partial charge in [-0.1, -0.05) is 11.6 Å². The van der Waals surface area contributed by atoms with Crippen LogP contribution in [0.3, 0.4) is 0 Å². The van der Waals surface area contributed by atoms with Crippen molar-refractivity contribution in [3.63, 3.8) is 0 Å². The number of hydrogen-bond donors (Lipinski definition) is 4. The highest BCUT2D eigenvalue weighted by molar-refractivity contribution is 7.86. The van der Waals surface area contributed by atoms with Gasteiger partial charge < -0.3 is 20.3 Å². The minimum Gasteiger partial charge on any atom is -0.493 e. The van der Waals surface area contributed by atoms with Crippen LogP contribution >= 0.6 is 11.6 Å². The van der Waals surface area contributed by atoms with Crippen LogP contribution in [0.5, 0.6) is 5.75 Å². The summed E-state index contributed by atoms with van der Waals surface area (Å²) in [6.45, 7) is -0.616. The standard InChI is InChI=1S/C11H13ClN2O8S/c1-21-9-7(2-5(12)3-8(9)23(18,19)20)14-11(17)22-4-6(13)10(15)16/h2-3,6H,4,13H2,1H3,(H,14,17)(H,15,16)(H,18,19,20)/t6-/m0/s1. The molecule has 23 heavy (non-hydrogen) atoms. The van der Waals surface area contributed by atoms with E-state index in [-0.39, 0.29) is 16.5 Å². The molecule has 0 radical (unpaired) electrons. The largest absolute Gasteiger partial charge is 0.493 e. The highest BCUT2D eigenvalue weighted by Gasteiger charge is 2.23. The molecule has 0 aliphatic carbocycles. The van der Waals surface area contributed by atoms with Crippen molar-refractivity contribution >= 4 is 39.5 Å². The minimum atomic E-state index is -4.66. The smallest absolute Gasteiger partial charge is 0.411 e. The molecule has 0 aromatic heterocycles. The molecule has 0 heterocycles. The first-order valence-corrected chi connectivity index (χ1v) is 7.65. The van der Waals surface area contributed by atoms with Crippen LogP contribution in [0.1, 0.15) is 0 Å². The highest BCUT2D eigenvalue weighted by Crippen LogP contribution is 2.35. The monoisotopic (exact) mass is 368 g/mol. The molecule has 1 rings (SSSR count). The number of amides is 1. The Bertz CT molecular complexity index is 721. The minimum absolute atomic E-state index is 0.115. The molecule has 10 nitrogen and oxygen atoms in total. The molecule has 0 spiro atoms. The number of carboxylic acids is 1. The van der Waals surface area contributed by atoms with Crippen molar-refractivity contribution in [1.82, 2.24) is 0 Å². The van der Waals surface area contributed by atoms with E-state index in [1.165, 1.54) is 0 Å². The predicted molar refractivity (Wildman–Crippen MR) is 78.4 cm³/mol. The van der Waals surface area contributed by atoms with Crippen molar-refractivity contribution in [2.75, 3.05) is 19.0 Å². The van der Waals surface area contributed by atoms with Gasteiger partial charge in [0.1, 0.15) is 17.5 Å². The highest BCUT2D eigenvalue weighted by atomic mass is 35.5. The summed E-state index contributed by atoms with van der Waals surface area (Å²) in [6, 6.07) is 0.649. The van der Waals surface area contributed by atoms with Gasteiger partial charge in [-0.15, -0.1) is 0 Å². The van der Waals surface area contributed by atoms with E-state index in [9.17, 15) is 18.0 Å². The Kier molecular flexibility index (Phi) is 6.15. The predicted octanol–water partition coefficient (Wildman–Crippen LogP) is 0.556. The van der Waals surface area contributed by atoms with Crippen LogP contribution in [-0.2, 0) is 19.6 Å². The fourth-order valence-electron chi connectivity index (χ4n) is 1.45. The summed E-state index contributed by atoms with van der Waals surface area (Å²) in [5.41, 5.74) is 4.95. The molecule has 0 fully saturated rings. The first-order chi connectivity index (χ1) is 10.6. The number of hydrogen-bond acceptors (Lipinski definition) is 7. The third kappa shape index (κ3) is 5.25. The van der Waals surface area contributed by atoms with Gasteiger partial charge in [-0.3, -0.25) is 14.7 Å². The van der Waals surface area contributed by atoms with Gasteiger partial charge in [0.25, 0.3) is 10.1 Å². The molecular weight excluding hydrogens is 356 g/mol. The fraction of sp³-hybridized carbons (Fsp3) is 0.273. The second-order valence-corrected chi connectivity index (χ2v) is 5.95. The van der Waals surface area contributed by atoms with Crippen LogP contribution in [0.2, 0.25) is 5.02 Å². The molecule has 1 atom stereocenters. The SMILES string of the molecule is COc1c(NC(=O)OC[C@H](N)C(=O)O)cc(Cl)cc1S(=O)(=O)O. The number of anilines is 1. The second-order valence-electron chi connectivity index (χ2n) is 4.13. The molecule has 0 saturated carbocycles. The Morgan fingerprint density at radius 1 is 1.43 bits per heavy atom. The lowest BCUT2D eigenvalue weighted by molar-refractivity contribution is -0.139. The molecule has 1 aromatic carbocycles. The van der Waals surface area contributed by atoms with Crippen molar-refractivity contribution in [3.8, 4) is 5.75 Å². The number of aliphatic carboxylic acids is 1. The van der Waals surface area contributed by atoms with E-state index in [1.807, 2.05) is 0 Å². The maximum atomic E-state index is 11.6. The van der Waals surface area contributed by atoms with Gasteiger partial charge in [0.15, 0.2) is 5.75 Å². The lowest BCUT2D eigenvalue weighted by Crippen LogP contribution is -2.36. The van der Waals surface area contributed by atoms with Gasteiger partial charge in [-0.05, 0) is 12.1 Å². The number of ether oxygens (including phenoxy) is 2. The molecule has 0 aliphatic heterocycles. The maximum absolute atomic E-state index is 11.6. The van der Waals surface area contributed by atoms with E-state index < -0.39 is 39.7 Å². The molecule has 0 bridgehead atoms. The topological polar surface area (TPSA) is 165 Å². The molecule has 0 unspecified atom stereocenters. The van der Waals surface area contributed by atoms with Crippen molar-refractivity contribution in [3.05, 3.63) is 17.2 Å². The van der Waals surface area contributed by atoms with Crippen LogP contribution in [-0.4, -0.2) is 49.9 Å². The zero-order chi connectivity index (χ0) is 17.8. The summed E-state index contributed by atoms with van der Waals surface area (Å²) >= 11 is 5.72. The van der Waals surface area contributed by atoms with Crippen LogP contribution in [0.4, 0.5) is 10.5 Å². The molecule has 0 aliphatic rings. The third-order valence-corrected chi connectivity index (χ3v) is 3.53. The lowest BCUT2D eigenvalue weighted by Gasteiger charge is -2.14. The Morgan fingerprint density at radius 3 is 2.52 bits per heavy atom. The molecule has 5 N–H and O–H groups in total. The number of methoxy groups -OCH3 is 1. The Hall–Kier alpha value is -2.08. The first kappa shape index (κ1) is 19.0. The van der Waals surface area contributed by atoms with Gasteiger partial charge in [-0.2, -0.15) is 8.42 Å². The Balaban J connectivity index is 3.02. The number of carbonyl (C=O) groups is 2. The van der Waals surface area contributed by atoms with Crippen molar-refractivity contribution in [1.29, 1.82) is 0 Å². The average Bonchev–Trinajstić information content (AvgIpc) is 2.43. The van der Waals surface area contributed by atoms with Crippen molar-refractivity contribution in [2.24, 2.45) is 5.73 Å². The van der Waals surface area contributed by atoms with E-state index in [4.69, 9.17) is 31.7 Å². The summed E-state index contributed by atoms with van der Waals surface area (Å²) < 4.78 is 41.1. The number of carboxylic acid groups (broad SMARTS) is 1. The summed E-state index contributed by atoms with van der Waals surface area (Å²) in [5, 5.41) is 10.6. The van der Waals surface area contributed by atoms with Crippen molar-refractivity contribution < 1.29 is 37.1 Å². The summed E-state index contributed by atoms with van der Waals surface area (Å²) in [5.74, 6) is -1.75. The van der Waals surface area contributed by atoms with E-state index >= 15 is 0 Å². The lowest BCUT2D eigenvalue weighted by atomic mass is 10.3. The van der Waals surface area contributed by atoms with Gasteiger partial charge >= 0.3 is 12.1 Å². The quantitative estimate of drug-likeness (QED) is 0.524. The van der Waals surface area contributed by atoms with E-state index in [1.54, 1.807) is 0 Å². The number of halogens is 1.